The Morgan fingerprint density at radius 3 is 1.45 bits per heavy atom. The molecule has 44 heavy (non-hydrogen) atoms. The number of carbonyl (C=O) groups excluding carboxylic acids is 2. The SMILES string of the molecule is CCCc1cc(=O)[nH]c(SCC(=O)Nc2ccc(-c3ccc(NC(=O)CSc4nc(CCC)cc(=O)[nH]4)cc3C)c(C)c2)n1. The molecule has 2 aromatic carbocycles. The Morgan fingerprint density at radius 1 is 0.682 bits per heavy atom. The molecule has 10 nitrogen and oxygen atoms in total. The molecular weight excluding hydrogens is 597 g/mol. The van der Waals surface area contributed by atoms with Crippen molar-refractivity contribution in [3.63, 3.8) is 0 Å². The Labute approximate surface area is 264 Å². The second kappa shape index (κ2) is 15.5. The molecular formula is C32H36N6O4S2. The fraction of sp³-hybridized carbons (Fsp3) is 0.312. The molecule has 2 aromatic heterocycles. The molecule has 4 N–H and O–H groups in total. The third-order valence-electron chi connectivity index (χ3n) is 6.55. The van der Waals surface area contributed by atoms with Crippen LogP contribution in [0.5, 0.6) is 0 Å². The summed E-state index contributed by atoms with van der Waals surface area (Å²) in [6.45, 7) is 8.00. The lowest BCUT2D eigenvalue weighted by Crippen LogP contribution is -2.16. The molecule has 0 aliphatic rings. The zero-order valence-electron chi connectivity index (χ0n) is 25.2. The van der Waals surface area contributed by atoms with E-state index in [1.165, 1.54) is 35.7 Å². The first kappa shape index (κ1) is 32.7. The summed E-state index contributed by atoms with van der Waals surface area (Å²) in [4.78, 5) is 63.1. The number of aromatic nitrogens is 4. The van der Waals surface area contributed by atoms with Gasteiger partial charge in [0.2, 0.25) is 11.8 Å². The number of rotatable bonds is 13. The summed E-state index contributed by atoms with van der Waals surface area (Å²) in [5.74, 6) is -0.167. The average Bonchev–Trinajstić information content (AvgIpc) is 2.95. The molecule has 0 saturated heterocycles. The number of carbonyl (C=O) groups is 2. The summed E-state index contributed by atoms with van der Waals surface area (Å²) >= 11 is 2.38. The van der Waals surface area contributed by atoms with E-state index in [0.29, 0.717) is 34.5 Å². The van der Waals surface area contributed by atoms with Crippen molar-refractivity contribution in [1.29, 1.82) is 0 Å². The minimum Gasteiger partial charge on any atom is -0.325 e. The Balaban J connectivity index is 1.34. The molecule has 0 saturated carbocycles. The monoisotopic (exact) mass is 632 g/mol. The van der Waals surface area contributed by atoms with Crippen LogP contribution in [0, 0.1) is 13.8 Å². The lowest BCUT2D eigenvalue weighted by atomic mass is 9.96. The summed E-state index contributed by atoms with van der Waals surface area (Å²) < 4.78 is 0. The predicted octanol–water partition coefficient (Wildman–Crippen LogP) is 5.50. The Bertz CT molecular complexity index is 1640. The van der Waals surface area contributed by atoms with Gasteiger partial charge in [-0.1, -0.05) is 62.3 Å². The van der Waals surface area contributed by atoms with Crippen LogP contribution in [0.1, 0.15) is 49.2 Å². The number of hydrogen-bond donors (Lipinski definition) is 4. The summed E-state index contributed by atoms with van der Waals surface area (Å²) in [7, 11) is 0. The number of aromatic amines is 2. The van der Waals surface area contributed by atoms with Crippen molar-refractivity contribution >= 4 is 46.7 Å². The second-order valence-corrected chi connectivity index (χ2v) is 12.2. The van der Waals surface area contributed by atoms with E-state index in [1.54, 1.807) is 0 Å². The highest BCUT2D eigenvalue weighted by Crippen LogP contribution is 2.30. The molecule has 0 spiro atoms. The van der Waals surface area contributed by atoms with Gasteiger partial charge in [0.15, 0.2) is 10.3 Å². The first-order chi connectivity index (χ1) is 21.1. The average molecular weight is 633 g/mol. The smallest absolute Gasteiger partial charge is 0.251 e. The summed E-state index contributed by atoms with van der Waals surface area (Å²) in [5, 5.41) is 6.69. The van der Waals surface area contributed by atoms with E-state index in [0.717, 1.165) is 46.5 Å². The van der Waals surface area contributed by atoms with Gasteiger partial charge in [0, 0.05) is 34.9 Å². The van der Waals surface area contributed by atoms with Crippen LogP contribution >= 0.6 is 23.5 Å². The Hall–Kier alpha value is -4.16. The number of hydrogen-bond acceptors (Lipinski definition) is 8. The first-order valence-corrected chi connectivity index (χ1v) is 16.4. The lowest BCUT2D eigenvalue weighted by molar-refractivity contribution is -0.114. The molecule has 0 aliphatic heterocycles. The van der Waals surface area contributed by atoms with E-state index >= 15 is 0 Å². The van der Waals surface area contributed by atoms with E-state index in [-0.39, 0.29) is 34.4 Å². The van der Waals surface area contributed by atoms with Gasteiger partial charge in [-0.3, -0.25) is 19.2 Å². The fourth-order valence-electron chi connectivity index (χ4n) is 4.62. The van der Waals surface area contributed by atoms with Crippen molar-refractivity contribution in [2.24, 2.45) is 0 Å². The van der Waals surface area contributed by atoms with E-state index in [4.69, 9.17) is 0 Å². The van der Waals surface area contributed by atoms with Gasteiger partial charge in [0.1, 0.15) is 0 Å². The number of nitrogens with zero attached hydrogens (tertiary/aromatic N) is 2. The molecule has 230 valence electrons. The molecule has 0 unspecified atom stereocenters. The highest BCUT2D eigenvalue weighted by atomic mass is 32.2. The van der Waals surface area contributed by atoms with E-state index < -0.39 is 0 Å². The maximum Gasteiger partial charge on any atom is 0.251 e. The molecule has 4 aromatic rings. The van der Waals surface area contributed by atoms with Gasteiger partial charge in [-0.2, -0.15) is 0 Å². The van der Waals surface area contributed by atoms with Crippen molar-refractivity contribution in [3.8, 4) is 11.1 Å². The highest BCUT2D eigenvalue weighted by Gasteiger charge is 2.12. The van der Waals surface area contributed by atoms with Gasteiger partial charge in [0.25, 0.3) is 11.1 Å². The molecule has 0 fully saturated rings. The molecule has 0 bridgehead atoms. The number of aryl methyl sites for hydroxylation is 4. The molecule has 2 heterocycles. The zero-order valence-corrected chi connectivity index (χ0v) is 26.8. The van der Waals surface area contributed by atoms with Crippen LogP contribution in [0.15, 0.2) is 68.4 Å². The van der Waals surface area contributed by atoms with Crippen LogP contribution in [-0.4, -0.2) is 43.3 Å². The predicted molar refractivity (Wildman–Crippen MR) is 178 cm³/mol. The highest BCUT2D eigenvalue weighted by molar-refractivity contribution is 8.00. The minimum absolute atomic E-state index is 0.115. The van der Waals surface area contributed by atoms with Crippen molar-refractivity contribution < 1.29 is 9.59 Å². The van der Waals surface area contributed by atoms with Gasteiger partial charge in [-0.05, 0) is 73.2 Å². The van der Waals surface area contributed by atoms with Crippen LogP contribution in [0.2, 0.25) is 0 Å². The first-order valence-electron chi connectivity index (χ1n) is 14.4. The lowest BCUT2D eigenvalue weighted by Gasteiger charge is -2.14. The van der Waals surface area contributed by atoms with Crippen LogP contribution in [-0.2, 0) is 22.4 Å². The van der Waals surface area contributed by atoms with Gasteiger partial charge < -0.3 is 20.6 Å². The normalized spacial score (nSPS) is 10.9. The maximum atomic E-state index is 12.6. The second-order valence-electron chi connectivity index (χ2n) is 10.3. The van der Waals surface area contributed by atoms with Crippen LogP contribution in [0.3, 0.4) is 0 Å². The molecule has 12 heteroatoms. The Kier molecular flexibility index (Phi) is 11.6. The van der Waals surface area contributed by atoms with Crippen molar-refractivity contribution in [2.75, 3.05) is 22.1 Å². The summed E-state index contributed by atoms with van der Waals surface area (Å²) in [5.41, 5.74) is 6.34. The van der Waals surface area contributed by atoms with Crippen molar-refractivity contribution in [1.82, 2.24) is 19.9 Å². The van der Waals surface area contributed by atoms with Gasteiger partial charge in [-0.15, -0.1) is 0 Å². The Morgan fingerprint density at radius 2 is 1.09 bits per heavy atom. The van der Waals surface area contributed by atoms with Gasteiger partial charge in [0.05, 0.1) is 11.5 Å². The number of H-pyrrole nitrogens is 2. The van der Waals surface area contributed by atoms with E-state index in [9.17, 15) is 19.2 Å². The number of thioether (sulfide) groups is 2. The number of anilines is 2. The fourth-order valence-corrected chi connectivity index (χ4v) is 6.01. The van der Waals surface area contributed by atoms with Crippen molar-refractivity contribution in [2.45, 2.75) is 63.7 Å². The largest absolute Gasteiger partial charge is 0.325 e. The quantitative estimate of drug-likeness (QED) is 0.111. The molecule has 2 amide bonds. The molecule has 0 aliphatic carbocycles. The van der Waals surface area contributed by atoms with Gasteiger partial charge >= 0.3 is 0 Å². The standard InChI is InChI=1S/C32H36N6O4S2/c1-5-7-21-15-27(39)37-31(35-21)43-17-29(41)33-23-9-11-25(19(3)13-23)26-12-10-24(14-20(26)4)34-30(42)18-44-32-36-22(8-6-2)16-28(40)38-32/h9-16H,5-8,17-18H2,1-4H3,(H,33,41)(H,34,42)(H,35,37,39)(H,36,38,40). The molecule has 4 rings (SSSR count). The van der Waals surface area contributed by atoms with Crippen LogP contribution < -0.4 is 21.8 Å². The topological polar surface area (TPSA) is 150 Å². The molecule has 0 radical (unpaired) electrons. The van der Waals surface area contributed by atoms with Crippen LogP contribution in [0.4, 0.5) is 11.4 Å². The number of benzene rings is 2. The van der Waals surface area contributed by atoms with Gasteiger partial charge in [-0.25, -0.2) is 9.97 Å². The zero-order chi connectivity index (χ0) is 31.6. The van der Waals surface area contributed by atoms with E-state index in [2.05, 4.69) is 30.6 Å². The maximum absolute atomic E-state index is 12.6. The third kappa shape index (κ3) is 9.42. The van der Waals surface area contributed by atoms with Crippen molar-refractivity contribution in [3.05, 3.63) is 91.8 Å². The summed E-state index contributed by atoms with van der Waals surface area (Å²) in [6.07, 6.45) is 3.19. The third-order valence-corrected chi connectivity index (χ3v) is 8.30. The molecule has 0 atom stereocenters. The van der Waals surface area contributed by atoms with E-state index in [1.807, 2.05) is 64.1 Å². The minimum atomic E-state index is -0.220. The number of nitrogens with one attached hydrogen (secondary N) is 4. The number of amides is 2. The van der Waals surface area contributed by atoms with Crippen LogP contribution in [0.25, 0.3) is 11.1 Å². The summed E-state index contributed by atoms with van der Waals surface area (Å²) in [6, 6.07) is 14.4.